The Hall–Kier alpha value is -1.61. The summed E-state index contributed by atoms with van der Waals surface area (Å²) in [6, 6.07) is 0. The fourth-order valence-corrected chi connectivity index (χ4v) is 8.60. The summed E-state index contributed by atoms with van der Waals surface area (Å²) in [6.07, 6.45) is 34.0. The van der Waals surface area contributed by atoms with Crippen LogP contribution in [0.2, 0.25) is 0 Å². The molecule has 0 amide bonds. The molecule has 1 aliphatic heterocycles. The third kappa shape index (κ3) is 33.8. The van der Waals surface area contributed by atoms with Gasteiger partial charge in [0.15, 0.2) is 12.4 Å². The van der Waals surface area contributed by atoms with E-state index in [0.29, 0.717) is 12.8 Å². The molecule has 0 aromatic rings. The van der Waals surface area contributed by atoms with Crippen LogP contribution in [0.3, 0.4) is 0 Å². The quantitative estimate of drug-likeness (QED) is 0.0197. The predicted molar refractivity (Wildman–Crippen MR) is 247 cm³/mol. The van der Waals surface area contributed by atoms with Gasteiger partial charge in [-0.05, 0) is 38.5 Å². The maximum Gasteiger partial charge on any atom is 0.306 e. The number of aliphatic hydroxyl groups is 3. The van der Waals surface area contributed by atoms with Crippen molar-refractivity contribution in [2.24, 2.45) is 0 Å². The second-order valence-corrected chi connectivity index (χ2v) is 19.3. The van der Waals surface area contributed by atoms with Gasteiger partial charge >= 0.3 is 11.9 Å². The molecule has 0 saturated carbocycles. The van der Waals surface area contributed by atoms with Gasteiger partial charge in [-0.2, -0.15) is 8.42 Å². The third-order valence-electron chi connectivity index (χ3n) is 11.8. The molecule has 1 fully saturated rings. The summed E-state index contributed by atoms with van der Waals surface area (Å²) in [6.45, 7) is 3.78. The summed E-state index contributed by atoms with van der Waals surface area (Å²) in [4.78, 5) is 25.5. The summed E-state index contributed by atoms with van der Waals surface area (Å²) in [5.74, 6) is -1.97. The normalized spacial score (nSPS) is 19.9. The first-order valence-electron chi connectivity index (χ1n) is 25.2. The zero-order chi connectivity index (χ0) is 45.5. The Morgan fingerprint density at radius 2 is 0.919 bits per heavy atom. The molecule has 1 rings (SSSR count). The van der Waals surface area contributed by atoms with Gasteiger partial charge < -0.3 is 34.3 Å². The smallest absolute Gasteiger partial charge is 0.306 e. The summed E-state index contributed by atoms with van der Waals surface area (Å²) >= 11 is 0. The number of hydrogen-bond donors (Lipinski definition) is 4. The lowest BCUT2D eigenvalue weighted by Gasteiger charge is -2.40. The van der Waals surface area contributed by atoms with Crippen LogP contribution < -0.4 is 0 Å². The molecule has 0 bridgehead atoms. The van der Waals surface area contributed by atoms with Crippen molar-refractivity contribution in [2.45, 2.75) is 269 Å². The number of carbonyl (C=O) groups is 2. The number of hydrogen-bond acceptors (Lipinski definition) is 11. The minimum Gasteiger partial charge on any atom is -0.462 e. The van der Waals surface area contributed by atoms with E-state index >= 15 is 0 Å². The molecule has 1 saturated heterocycles. The van der Waals surface area contributed by atoms with E-state index in [4.69, 9.17) is 18.9 Å². The van der Waals surface area contributed by atoms with E-state index in [1.807, 2.05) is 0 Å². The van der Waals surface area contributed by atoms with Gasteiger partial charge in [-0.15, -0.1) is 0 Å². The molecule has 0 spiro atoms. The molecule has 366 valence electrons. The van der Waals surface area contributed by atoms with Crippen LogP contribution in [0.4, 0.5) is 0 Å². The summed E-state index contributed by atoms with van der Waals surface area (Å²) in [5, 5.41) is 30.9. The summed E-state index contributed by atoms with van der Waals surface area (Å²) in [7, 11) is -4.60. The largest absolute Gasteiger partial charge is 0.462 e. The number of unbranched alkanes of at least 4 members (excludes halogenated alkanes) is 29. The van der Waals surface area contributed by atoms with Gasteiger partial charge in [-0.1, -0.05) is 193 Å². The maximum atomic E-state index is 12.9. The Bertz CT molecular complexity index is 1200. The standard InChI is InChI=1S/C49H92O12S/c1-3-5-7-9-11-13-15-17-18-19-20-21-22-23-24-26-28-30-32-34-36-38-45(51)60-42(40-59-49-48(54)47(53)46(52)43(61-49)41-62(55,56)57)39-58-44(50)37-35-33-31-29-27-25-16-14-12-10-8-6-4-2/h17-18,42-43,46-49,52-54H,3-16,19-41H2,1-2H3,(H,55,56,57)/b18-17+/t42-,43-,46-,47?,48?,49+/m1/s1. The molecule has 2 unspecified atom stereocenters. The highest BCUT2D eigenvalue weighted by Gasteiger charge is 2.46. The van der Waals surface area contributed by atoms with E-state index in [2.05, 4.69) is 26.0 Å². The average molecular weight is 905 g/mol. The molecular weight excluding hydrogens is 813 g/mol. The molecule has 1 aliphatic rings. The fourth-order valence-electron chi connectivity index (χ4n) is 7.91. The van der Waals surface area contributed by atoms with Crippen molar-refractivity contribution in [1.29, 1.82) is 0 Å². The summed E-state index contributed by atoms with van der Waals surface area (Å²) in [5.41, 5.74) is 0. The summed E-state index contributed by atoms with van der Waals surface area (Å²) < 4.78 is 54.2. The van der Waals surface area contributed by atoms with Crippen molar-refractivity contribution in [2.75, 3.05) is 19.0 Å². The van der Waals surface area contributed by atoms with Crippen LogP contribution in [0.25, 0.3) is 0 Å². The number of allylic oxidation sites excluding steroid dienone is 2. The van der Waals surface area contributed by atoms with E-state index in [0.717, 1.165) is 38.5 Å². The minimum atomic E-state index is -4.60. The van der Waals surface area contributed by atoms with Gasteiger partial charge in [0.05, 0.1) is 6.61 Å². The van der Waals surface area contributed by atoms with Crippen molar-refractivity contribution in [3.8, 4) is 0 Å². The van der Waals surface area contributed by atoms with E-state index in [1.54, 1.807) is 0 Å². The molecular formula is C49H92O12S. The van der Waals surface area contributed by atoms with Crippen molar-refractivity contribution in [3.05, 3.63) is 12.2 Å². The first-order valence-corrected chi connectivity index (χ1v) is 26.9. The lowest BCUT2D eigenvalue weighted by atomic mass is 10.00. The number of ether oxygens (including phenoxy) is 4. The van der Waals surface area contributed by atoms with E-state index in [1.165, 1.54) is 154 Å². The monoisotopic (exact) mass is 905 g/mol. The van der Waals surface area contributed by atoms with Gasteiger partial charge in [0.2, 0.25) is 0 Å². The van der Waals surface area contributed by atoms with Gasteiger partial charge in [0, 0.05) is 12.8 Å². The zero-order valence-corrected chi connectivity index (χ0v) is 40.1. The highest BCUT2D eigenvalue weighted by atomic mass is 32.2. The molecule has 0 aromatic carbocycles. The van der Waals surface area contributed by atoms with E-state index < -0.39 is 71.2 Å². The van der Waals surface area contributed by atoms with Crippen molar-refractivity contribution in [1.82, 2.24) is 0 Å². The maximum absolute atomic E-state index is 12.9. The molecule has 0 radical (unpaired) electrons. The molecule has 0 aliphatic carbocycles. The van der Waals surface area contributed by atoms with Crippen LogP contribution in [0.15, 0.2) is 12.2 Å². The van der Waals surface area contributed by atoms with Crippen LogP contribution in [-0.4, -0.2) is 96.0 Å². The number of aliphatic hydroxyl groups excluding tert-OH is 3. The predicted octanol–water partition coefficient (Wildman–Crippen LogP) is 11.0. The van der Waals surface area contributed by atoms with Crippen molar-refractivity contribution in [3.63, 3.8) is 0 Å². The third-order valence-corrected chi connectivity index (χ3v) is 12.6. The first-order chi connectivity index (χ1) is 30.0. The van der Waals surface area contributed by atoms with Gasteiger partial charge in [-0.3, -0.25) is 14.1 Å². The van der Waals surface area contributed by atoms with Gasteiger partial charge in [0.25, 0.3) is 10.1 Å². The second kappa shape index (κ2) is 39.7. The Morgan fingerprint density at radius 3 is 1.34 bits per heavy atom. The number of rotatable bonds is 43. The Morgan fingerprint density at radius 1 is 0.532 bits per heavy atom. The first kappa shape index (κ1) is 58.4. The molecule has 4 N–H and O–H groups in total. The SMILES string of the molecule is CCCCCCCC/C=C/CCCCCCCCCCCCCC(=O)O[C@H](COC(=O)CCCCCCCCCCCCCCC)CO[C@H]1O[C@H](CS(=O)(=O)O)[C@@H](O)C(O)C1O. The molecule has 12 nitrogen and oxygen atoms in total. The molecule has 62 heavy (non-hydrogen) atoms. The number of carbonyl (C=O) groups excluding carboxylic acids is 2. The van der Waals surface area contributed by atoms with Crippen LogP contribution in [0, 0.1) is 0 Å². The molecule has 6 atom stereocenters. The fraction of sp³-hybridized carbons (Fsp3) is 0.918. The van der Waals surface area contributed by atoms with Gasteiger partial charge in [0.1, 0.15) is 36.8 Å². The average Bonchev–Trinajstić information content (AvgIpc) is 3.24. The van der Waals surface area contributed by atoms with Crippen molar-refractivity contribution >= 4 is 22.1 Å². The topological polar surface area (TPSA) is 186 Å². The van der Waals surface area contributed by atoms with Crippen LogP contribution in [0.1, 0.15) is 232 Å². The highest BCUT2D eigenvalue weighted by Crippen LogP contribution is 2.24. The van der Waals surface area contributed by atoms with Crippen LogP contribution in [0.5, 0.6) is 0 Å². The van der Waals surface area contributed by atoms with E-state index in [-0.39, 0.29) is 19.4 Å². The lowest BCUT2D eigenvalue weighted by molar-refractivity contribution is -0.297. The highest BCUT2D eigenvalue weighted by molar-refractivity contribution is 7.85. The van der Waals surface area contributed by atoms with Gasteiger partial charge in [-0.25, -0.2) is 0 Å². The van der Waals surface area contributed by atoms with Crippen molar-refractivity contribution < 1.29 is 56.8 Å². The molecule has 0 aromatic heterocycles. The molecule has 1 heterocycles. The van der Waals surface area contributed by atoms with Crippen LogP contribution in [-0.2, 0) is 38.7 Å². The van der Waals surface area contributed by atoms with E-state index in [9.17, 15) is 37.9 Å². The number of esters is 2. The molecule has 13 heteroatoms. The minimum absolute atomic E-state index is 0.168. The Kier molecular flexibility index (Phi) is 37.4. The zero-order valence-electron chi connectivity index (χ0n) is 39.2. The van der Waals surface area contributed by atoms with Crippen LogP contribution >= 0.6 is 0 Å². The lowest BCUT2D eigenvalue weighted by Crippen LogP contribution is -2.60. The second-order valence-electron chi connectivity index (χ2n) is 17.8. The Balaban J connectivity index is 2.36. The Labute approximate surface area is 377 Å².